The maximum Gasteiger partial charge on any atom is 0.324 e. The molecule has 0 unspecified atom stereocenters. The van der Waals surface area contributed by atoms with Gasteiger partial charge in [-0.3, -0.25) is 19.7 Å². The molecule has 2 rings (SSSR count). The van der Waals surface area contributed by atoms with E-state index in [-0.39, 0.29) is 23.3 Å². The number of hydrogen-bond donors (Lipinski definition) is 0. The van der Waals surface area contributed by atoms with Gasteiger partial charge in [-0.25, -0.2) is 0 Å². The highest BCUT2D eigenvalue weighted by atomic mass is 32.1. The topological polar surface area (TPSA) is 89.8 Å². The van der Waals surface area contributed by atoms with Gasteiger partial charge in [0.15, 0.2) is 12.4 Å². The number of rotatable bonds is 7. The number of allylic oxidation sites excluding steroid dienone is 1. The third-order valence-corrected chi connectivity index (χ3v) is 4.11. The molecule has 130 valence electrons. The van der Waals surface area contributed by atoms with Crippen LogP contribution in [-0.2, 0) is 4.79 Å². The van der Waals surface area contributed by atoms with Gasteiger partial charge in [0, 0.05) is 31.1 Å². The zero-order chi connectivity index (χ0) is 18.4. The maximum atomic E-state index is 12.1. The summed E-state index contributed by atoms with van der Waals surface area (Å²) >= 11 is 1.01. The summed E-state index contributed by atoms with van der Waals surface area (Å²) in [5.74, 6) is 0.0990. The first kappa shape index (κ1) is 18.3. The number of carbonyl (C=O) groups excluding carboxylic acids is 2. The Bertz CT molecular complexity index is 809. The number of ketones is 1. The predicted octanol–water partition coefficient (Wildman–Crippen LogP) is 3.02. The number of benzene rings is 1. The van der Waals surface area contributed by atoms with Crippen LogP contribution in [0.1, 0.15) is 15.9 Å². The van der Waals surface area contributed by atoms with E-state index in [9.17, 15) is 19.7 Å². The van der Waals surface area contributed by atoms with Crippen LogP contribution in [0.3, 0.4) is 0 Å². The molecule has 0 saturated heterocycles. The smallest absolute Gasteiger partial charge is 0.324 e. The van der Waals surface area contributed by atoms with E-state index in [1.165, 1.54) is 23.1 Å². The molecule has 0 bridgehead atoms. The summed E-state index contributed by atoms with van der Waals surface area (Å²) in [5, 5.41) is 12.3. The molecule has 8 heteroatoms. The molecular weight excluding hydrogens is 344 g/mol. The fraction of sp³-hybridized carbons (Fsp3) is 0.176. The quantitative estimate of drug-likeness (QED) is 0.328. The lowest BCUT2D eigenvalue weighted by atomic mass is 10.1. The fourth-order valence-electron chi connectivity index (χ4n) is 1.78. The number of thiophene rings is 1. The van der Waals surface area contributed by atoms with Gasteiger partial charge in [-0.1, -0.05) is 11.3 Å². The number of hydrogen-bond acceptors (Lipinski definition) is 6. The summed E-state index contributed by atoms with van der Waals surface area (Å²) in [4.78, 5) is 35.1. The van der Waals surface area contributed by atoms with Crippen LogP contribution in [0.2, 0.25) is 0 Å². The summed E-state index contributed by atoms with van der Waals surface area (Å²) in [5.41, 5.74) is 1.06. The molecule has 0 radical (unpaired) electrons. The van der Waals surface area contributed by atoms with E-state index in [0.29, 0.717) is 16.9 Å². The Hall–Kier alpha value is -3.00. The fourth-order valence-corrected chi connectivity index (χ4v) is 2.47. The van der Waals surface area contributed by atoms with E-state index in [0.717, 1.165) is 11.3 Å². The molecule has 25 heavy (non-hydrogen) atoms. The second kappa shape index (κ2) is 8.20. The average molecular weight is 360 g/mol. The lowest BCUT2D eigenvalue weighted by Gasteiger charge is -2.11. The van der Waals surface area contributed by atoms with Crippen molar-refractivity contribution in [3.8, 4) is 5.75 Å². The highest BCUT2D eigenvalue weighted by Crippen LogP contribution is 2.23. The van der Waals surface area contributed by atoms with Crippen molar-refractivity contribution in [1.82, 2.24) is 4.90 Å². The molecule has 0 aliphatic carbocycles. The molecule has 0 aliphatic heterocycles. The molecular formula is C17H16N2O5S. The molecule has 1 heterocycles. The lowest BCUT2D eigenvalue weighted by Crippen LogP contribution is -2.27. The highest BCUT2D eigenvalue weighted by molar-refractivity contribution is 7.13. The van der Waals surface area contributed by atoms with E-state index in [2.05, 4.69) is 0 Å². The Morgan fingerprint density at radius 3 is 2.52 bits per heavy atom. The van der Waals surface area contributed by atoms with Crippen LogP contribution in [0.25, 0.3) is 6.08 Å². The van der Waals surface area contributed by atoms with Crippen molar-refractivity contribution in [2.24, 2.45) is 0 Å². The van der Waals surface area contributed by atoms with Gasteiger partial charge >= 0.3 is 5.00 Å². The van der Waals surface area contributed by atoms with Crippen molar-refractivity contribution in [3.63, 3.8) is 0 Å². The van der Waals surface area contributed by atoms with Gasteiger partial charge < -0.3 is 9.64 Å². The van der Waals surface area contributed by atoms with Gasteiger partial charge in [-0.05, 0) is 42.0 Å². The Morgan fingerprint density at radius 1 is 1.28 bits per heavy atom. The zero-order valence-corrected chi connectivity index (χ0v) is 14.5. The van der Waals surface area contributed by atoms with Crippen LogP contribution in [0.15, 0.2) is 41.8 Å². The normalized spacial score (nSPS) is 10.6. The van der Waals surface area contributed by atoms with Gasteiger partial charge in [-0.15, -0.1) is 0 Å². The average Bonchev–Trinajstić information content (AvgIpc) is 3.07. The van der Waals surface area contributed by atoms with Crippen molar-refractivity contribution in [2.45, 2.75) is 0 Å². The molecule has 1 aromatic heterocycles. The first-order valence-electron chi connectivity index (χ1n) is 7.25. The first-order valence-corrected chi connectivity index (χ1v) is 8.13. The van der Waals surface area contributed by atoms with Crippen molar-refractivity contribution >= 4 is 34.1 Å². The van der Waals surface area contributed by atoms with Gasteiger partial charge in [0.1, 0.15) is 5.75 Å². The van der Waals surface area contributed by atoms with E-state index in [4.69, 9.17) is 4.74 Å². The molecule has 0 fully saturated rings. The Balaban J connectivity index is 1.96. The standard InChI is InChI=1S/C17H16N2O5S/c1-18(2)16(21)10-24-14-6-4-13(5-7-14)15(20)8-3-12-9-17(19(22)23)25-11-12/h3-9,11H,10H2,1-2H3/b8-3+. The molecule has 1 amide bonds. The van der Waals surface area contributed by atoms with Crippen LogP contribution >= 0.6 is 11.3 Å². The van der Waals surface area contributed by atoms with Crippen molar-refractivity contribution in [3.05, 3.63) is 63.0 Å². The Labute approximate surface area is 148 Å². The van der Waals surface area contributed by atoms with Crippen LogP contribution in [0, 0.1) is 10.1 Å². The minimum Gasteiger partial charge on any atom is -0.484 e. The second-order valence-electron chi connectivity index (χ2n) is 5.27. The number of ether oxygens (including phenoxy) is 1. The van der Waals surface area contributed by atoms with E-state index < -0.39 is 4.92 Å². The van der Waals surface area contributed by atoms with E-state index >= 15 is 0 Å². The first-order chi connectivity index (χ1) is 11.9. The van der Waals surface area contributed by atoms with Crippen molar-refractivity contribution < 1.29 is 19.2 Å². The Kier molecular flexibility index (Phi) is 6.02. The number of likely N-dealkylation sites (N-methyl/N-ethyl adjacent to an activating group) is 1. The molecule has 1 aromatic carbocycles. The van der Waals surface area contributed by atoms with Gasteiger partial charge in [-0.2, -0.15) is 0 Å². The minimum absolute atomic E-state index is 0.0286. The van der Waals surface area contributed by atoms with Crippen molar-refractivity contribution in [2.75, 3.05) is 20.7 Å². The SMILES string of the molecule is CN(C)C(=O)COc1ccc(C(=O)/C=C/c2csc([N+](=O)[O-])c2)cc1. The second-order valence-corrected chi connectivity index (χ2v) is 6.16. The summed E-state index contributed by atoms with van der Waals surface area (Å²) in [6.07, 6.45) is 2.89. The lowest BCUT2D eigenvalue weighted by molar-refractivity contribution is -0.380. The van der Waals surface area contributed by atoms with Crippen LogP contribution in [0.4, 0.5) is 5.00 Å². The maximum absolute atomic E-state index is 12.1. The summed E-state index contributed by atoms with van der Waals surface area (Å²) in [7, 11) is 3.28. The third kappa shape index (κ3) is 5.25. The summed E-state index contributed by atoms with van der Waals surface area (Å²) in [6.45, 7) is -0.0723. The van der Waals surface area contributed by atoms with Gasteiger partial charge in [0.25, 0.3) is 5.91 Å². The largest absolute Gasteiger partial charge is 0.484 e. The van der Waals surface area contributed by atoms with Crippen LogP contribution < -0.4 is 4.74 Å². The monoisotopic (exact) mass is 360 g/mol. The number of nitro groups is 1. The number of carbonyl (C=O) groups is 2. The predicted molar refractivity (Wildman–Crippen MR) is 95.0 cm³/mol. The molecule has 7 nitrogen and oxygen atoms in total. The van der Waals surface area contributed by atoms with Crippen LogP contribution in [0.5, 0.6) is 5.75 Å². The summed E-state index contributed by atoms with van der Waals surface area (Å²) < 4.78 is 5.34. The third-order valence-electron chi connectivity index (χ3n) is 3.21. The minimum atomic E-state index is -0.469. The molecule has 0 atom stereocenters. The van der Waals surface area contributed by atoms with Crippen LogP contribution in [-0.4, -0.2) is 42.2 Å². The molecule has 0 saturated carbocycles. The molecule has 0 aliphatic rings. The van der Waals surface area contributed by atoms with E-state index in [1.807, 2.05) is 0 Å². The highest BCUT2D eigenvalue weighted by Gasteiger charge is 2.09. The molecule has 0 spiro atoms. The Morgan fingerprint density at radius 2 is 1.96 bits per heavy atom. The van der Waals surface area contributed by atoms with Gasteiger partial charge in [0.2, 0.25) is 0 Å². The van der Waals surface area contributed by atoms with Gasteiger partial charge in [0.05, 0.1) is 4.92 Å². The number of amides is 1. The molecule has 0 N–H and O–H groups in total. The van der Waals surface area contributed by atoms with E-state index in [1.54, 1.807) is 43.7 Å². The number of nitrogens with zero attached hydrogens (tertiary/aromatic N) is 2. The zero-order valence-electron chi connectivity index (χ0n) is 13.7. The summed E-state index contributed by atoms with van der Waals surface area (Å²) in [6, 6.07) is 7.82. The molecule has 2 aromatic rings. The van der Waals surface area contributed by atoms with Crippen molar-refractivity contribution in [1.29, 1.82) is 0 Å².